The van der Waals surface area contributed by atoms with Crippen molar-refractivity contribution in [3.8, 4) is 11.5 Å². The number of nitrogens with zero attached hydrogens (tertiary/aromatic N) is 2. The monoisotopic (exact) mass is 388 g/mol. The third-order valence-corrected chi connectivity index (χ3v) is 5.49. The number of carbonyl (C=O) groups is 3. The maximum absolute atomic E-state index is 12.8. The third-order valence-electron chi connectivity index (χ3n) is 5.49. The van der Waals surface area contributed by atoms with Gasteiger partial charge < -0.3 is 24.0 Å². The number of esters is 1. The van der Waals surface area contributed by atoms with Crippen LogP contribution in [0.5, 0.6) is 11.5 Å². The predicted octanol–water partition coefficient (Wildman–Crippen LogP) is 1.29. The van der Waals surface area contributed by atoms with Gasteiger partial charge in [0.05, 0.1) is 18.4 Å². The van der Waals surface area contributed by atoms with Crippen molar-refractivity contribution in [1.82, 2.24) is 9.80 Å². The van der Waals surface area contributed by atoms with Gasteiger partial charge >= 0.3 is 5.97 Å². The fourth-order valence-corrected chi connectivity index (χ4v) is 3.90. The third kappa shape index (κ3) is 3.50. The van der Waals surface area contributed by atoms with E-state index in [1.165, 1.54) is 0 Å². The first kappa shape index (κ1) is 18.6. The SMILES string of the molecule is CCOC(=O)[C@H]1CCCN(C(=O)C2CN(C(=O)c3ccc4c(c3)OCO4)C2)C1. The van der Waals surface area contributed by atoms with Crippen LogP contribution in [-0.2, 0) is 14.3 Å². The molecule has 0 bridgehead atoms. The molecule has 1 aromatic carbocycles. The molecule has 2 amide bonds. The van der Waals surface area contributed by atoms with Crippen LogP contribution in [0.4, 0.5) is 0 Å². The van der Waals surface area contributed by atoms with Gasteiger partial charge in [-0.2, -0.15) is 0 Å². The van der Waals surface area contributed by atoms with Crippen LogP contribution in [-0.4, -0.2) is 67.2 Å². The van der Waals surface area contributed by atoms with E-state index in [4.69, 9.17) is 14.2 Å². The molecular weight excluding hydrogens is 364 g/mol. The Morgan fingerprint density at radius 1 is 1.07 bits per heavy atom. The largest absolute Gasteiger partial charge is 0.466 e. The zero-order chi connectivity index (χ0) is 19.7. The average Bonchev–Trinajstić information content (AvgIpc) is 3.14. The van der Waals surface area contributed by atoms with Gasteiger partial charge in [-0.05, 0) is 38.0 Å². The highest BCUT2D eigenvalue weighted by molar-refractivity contribution is 5.96. The molecule has 0 saturated carbocycles. The Kier molecular flexibility index (Phi) is 5.11. The highest BCUT2D eigenvalue weighted by atomic mass is 16.7. The first-order chi connectivity index (χ1) is 13.6. The minimum Gasteiger partial charge on any atom is -0.466 e. The number of fused-ring (bicyclic) bond motifs is 1. The molecule has 8 heteroatoms. The lowest BCUT2D eigenvalue weighted by Gasteiger charge is -2.42. The Bertz CT molecular complexity index is 789. The molecule has 0 unspecified atom stereocenters. The molecule has 150 valence electrons. The summed E-state index contributed by atoms with van der Waals surface area (Å²) in [5.74, 6) is 0.414. The lowest BCUT2D eigenvalue weighted by Crippen LogP contribution is -2.57. The van der Waals surface area contributed by atoms with E-state index in [2.05, 4.69) is 0 Å². The Morgan fingerprint density at radius 3 is 2.61 bits per heavy atom. The molecule has 3 aliphatic heterocycles. The van der Waals surface area contributed by atoms with Crippen LogP contribution in [0.25, 0.3) is 0 Å². The van der Waals surface area contributed by atoms with Crippen molar-refractivity contribution in [2.24, 2.45) is 11.8 Å². The molecule has 1 atom stereocenters. The smallest absolute Gasteiger partial charge is 0.310 e. The summed E-state index contributed by atoms with van der Waals surface area (Å²) in [5, 5.41) is 0. The summed E-state index contributed by atoms with van der Waals surface area (Å²) in [6, 6.07) is 5.11. The van der Waals surface area contributed by atoms with Gasteiger partial charge in [0.2, 0.25) is 12.7 Å². The molecule has 3 heterocycles. The Labute approximate surface area is 163 Å². The minimum absolute atomic E-state index is 0.0173. The van der Waals surface area contributed by atoms with Crippen LogP contribution < -0.4 is 9.47 Å². The highest BCUT2D eigenvalue weighted by Crippen LogP contribution is 2.33. The van der Waals surface area contributed by atoms with Gasteiger partial charge in [0.15, 0.2) is 11.5 Å². The highest BCUT2D eigenvalue weighted by Gasteiger charge is 2.40. The molecule has 0 radical (unpaired) electrons. The molecule has 0 aliphatic carbocycles. The van der Waals surface area contributed by atoms with Gasteiger partial charge in [-0.1, -0.05) is 0 Å². The molecule has 28 heavy (non-hydrogen) atoms. The molecular formula is C20H24N2O6. The summed E-state index contributed by atoms with van der Waals surface area (Å²) in [6.45, 7) is 4.15. The topological polar surface area (TPSA) is 85.4 Å². The summed E-state index contributed by atoms with van der Waals surface area (Å²) in [7, 11) is 0. The van der Waals surface area contributed by atoms with Crippen molar-refractivity contribution in [3.05, 3.63) is 23.8 Å². The van der Waals surface area contributed by atoms with E-state index in [1.54, 1.807) is 34.9 Å². The van der Waals surface area contributed by atoms with E-state index >= 15 is 0 Å². The molecule has 0 spiro atoms. The zero-order valence-electron chi connectivity index (χ0n) is 15.9. The van der Waals surface area contributed by atoms with E-state index in [0.29, 0.717) is 49.8 Å². The van der Waals surface area contributed by atoms with Gasteiger partial charge in [-0.25, -0.2) is 0 Å². The van der Waals surface area contributed by atoms with Crippen molar-refractivity contribution in [1.29, 1.82) is 0 Å². The van der Waals surface area contributed by atoms with Crippen LogP contribution >= 0.6 is 0 Å². The second-order valence-corrected chi connectivity index (χ2v) is 7.35. The van der Waals surface area contributed by atoms with E-state index in [9.17, 15) is 14.4 Å². The second kappa shape index (κ2) is 7.69. The molecule has 3 aliphatic rings. The van der Waals surface area contributed by atoms with Crippen LogP contribution in [0.1, 0.15) is 30.1 Å². The van der Waals surface area contributed by atoms with Crippen molar-refractivity contribution in [2.75, 3.05) is 39.6 Å². The Morgan fingerprint density at radius 2 is 1.82 bits per heavy atom. The quantitative estimate of drug-likeness (QED) is 0.723. The molecule has 2 saturated heterocycles. The van der Waals surface area contributed by atoms with Crippen molar-refractivity contribution in [3.63, 3.8) is 0 Å². The van der Waals surface area contributed by atoms with E-state index in [0.717, 1.165) is 12.8 Å². The van der Waals surface area contributed by atoms with Crippen LogP contribution in [0.2, 0.25) is 0 Å². The summed E-state index contributed by atoms with van der Waals surface area (Å²) >= 11 is 0. The molecule has 4 rings (SSSR count). The summed E-state index contributed by atoms with van der Waals surface area (Å²) < 4.78 is 15.7. The zero-order valence-corrected chi connectivity index (χ0v) is 15.9. The van der Waals surface area contributed by atoms with Crippen LogP contribution in [0.3, 0.4) is 0 Å². The van der Waals surface area contributed by atoms with Crippen molar-refractivity contribution in [2.45, 2.75) is 19.8 Å². The summed E-state index contributed by atoms with van der Waals surface area (Å²) in [4.78, 5) is 40.8. The predicted molar refractivity (Wildman–Crippen MR) is 97.9 cm³/mol. The summed E-state index contributed by atoms with van der Waals surface area (Å²) in [6.07, 6.45) is 1.55. The van der Waals surface area contributed by atoms with Crippen molar-refractivity contribution >= 4 is 17.8 Å². The first-order valence-corrected chi connectivity index (χ1v) is 9.71. The molecule has 2 fully saturated rings. The molecule has 0 N–H and O–H groups in total. The summed E-state index contributed by atoms with van der Waals surface area (Å²) in [5.41, 5.74) is 0.524. The molecule has 0 aromatic heterocycles. The van der Waals surface area contributed by atoms with Gasteiger partial charge in [-0.15, -0.1) is 0 Å². The molecule has 1 aromatic rings. The van der Waals surface area contributed by atoms with E-state index < -0.39 is 0 Å². The van der Waals surface area contributed by atoms with Gasteiger partial charge in [0, 0.05) is 31.7 Å². The van der Waals surface area contributed by atoms with Gasteiger partial charge in [0.1, 0.15) is 0 Å². The standard InChI is InChI=1S/C20H24N2O6/c1-2-26-20(25)14-4-3-7-21(9-14)19(24)15-10-22(11-15)18(23)13-5-6-16-17(8-13)28-12-27-16/h5-6,8,14-15H,2-4,7,9-12H2,1H3/t14-/m0/s1. The average molecular weight is 388 g/mol. The number of ether oxygens (including phenoxy) is 3. The fourth-order valence-electron chi connectivity index (χ4n) is 3.90. The lowest BCUT2D eigenvalue weighted by molar-refractivity contribution is -0.152. The number of hydrogen-bond acceptors (Lipinski definition) is 6. The fraction of sp³-hybridized carbons (Fsp3) is 0.550. The van der Waals surface area contributed by atoms with E-state index in [1.807, 2.05) is 0 Å². The minimum atomic E-state index is -0.246. The number of likely N-dealkylation sites (tertiary alicyclic amines) is 2. The Hall–Kier alpha value is -2.77. The number of carbonyl (C=O) groups excluding carboxylic acids is 3. The number of rotatable bonds is 4. The Balaban J connectivity index is 1.31. The normalized spacial score (nSPS) is 21.2. The molecule has 8 nitrogen and oxygen atoms in total. The van der Waals surface area contributed by atoms with Crippen LogP contribution in [0, 0.1) is 11.8 Å². The first-order valence-electron chi connectivity index (χ1n) is 9.71. The van der Waals surface area contributed by atoms with Gasteiger partial charge in [-0.3, -0.25) is 14.4 Å². The maximum atomic E-state index is 12.8. The maximum Gasteiger partial charge on any atom is 0.310 e. The number of benzene rings is 1. The number of amides is 2. The second-order valence-electron chi connectivity index (χ2n) is 7.35. The van der Waals surface area contributed by atoms with Crippen molar-refractivity contribution < 1.29 is 28.6 Å². The van der Waals surface area contributed by atoms with Gasteiger partial charge in [0.25, 0.3) is 5.91 Å². The van der Waals surface area contributed by atoms with Crippen LogP contribution in [0.15, 0.2) is 18.2 Å². The number of piperidine rings is 1. The van der Waals surface area contributed by atoms with E-state index in [-0.39, 0.29) is 36.4 Å². The number of hydrogen-bond donors (Lipinski definition) is 0. The lowest BCUT2D eigenvalue weighted by atomic mass is 9.93.